The van der Waals surface area contributed by atoms with Crippen molar-refractivity contribution in [3.8, 4) is 5.75 Å². The Morgan fingerprint density at radius 2 is 1.67 bits per heavy atom. The van der Waals surface area contributed by atoms with Crippen LogP contribution in [0.3, 0.4) is 0 Å². The monoisotopic (exact) mass is 283 g/mol. The summed E-state index contributed by atoms with van der Waals surface area (Å²) in [5, 5.41) is 13.7. The SMILES string of the molecule is Oc1ccc2c(c1)CCC2NC1C2CC3CC(C2)CC1C3. The molecule has 1 atom stereocenters. The molecule has 0 spiro atoms. The van der Waals surface area contributed by atoms with E-state index in [2.05, 4.69) is 11.4 Å². The van der Waals surface area contributed by atoms with Crippen molar-refractivity contribution in [1.29, 1.82) is 0 Å². The zero-order chi connectivity index (χ0) is 14.0. The summed E-state index contributed by atoms with van der Waals surface area (Å²) >= 11 is 0. The molecule has 2 heteroatoms. The zero-order valence-electron chi connectivity index (χ0n) is 12.6. The molecule has 112 valence electrons. The van der Waals surface area contributed by atoms with Crippen molar-refractivity contribution in [2.75, 3.05) is 0 Å². The van der Waals surface area contributed by atoms with Gasteiger partial charge >= 0.3 is 0 Å². The Morgan fingerprint density at radius 3 is 2.38 bits per heavy atom. The molecule has 4 fully saturated rings. The van der Waals surface area contributed by atoms with Crippen molar-refractivity contribution in [3.05, 3.63) is 29.3 Å². The summed E-state index contributed by atoms with van der Waals surface area (Å²) in [5.41, 5.74) is 2.80. The van der Waals surface area contributed by atoms with Gasteiger partial charge in [-0.05, 0) is 91.9 Å². The fraction of sp³-hybridized carbons (Fsp3) is 0.684. The van der Waals surface area contributed by atoms with E-state index in [1.165, 1.54) is 49.7 Å². The van der Waals surface area contributed by atoms with Crippen LogP contribution >= 0.6 is 0 Å². The lowest BCUT2D eigenvalue weighted by Crippen LogP contribution is -2.55. The molecule has 5 aliphatic rings. The highest BCUT2D eigenvalue weighted by atomic mass is 16.3. The number of benzene rings is 1. The number of hydrogen-bond acceptors (Lipinski definition) is 2. The van der Waals surface area contributed by atoms with E-state index >= 15 is 0 Å². The number of fused-ring (bicyclic) bond motifs is 1. The summed E-state index contributed by atoms with van der Waals surface area (Å²) in [5.74, 6) is 4.42. The topological polar surface area (TPSA) is 32.3 Å². The van der Waals surface area contributed by atoms with Crippen LogP contribution < -0.4 is 5.32 Å². The van der Waals surface area contributed by atoms with Gasteiger partial charge in [-0.15, -0.1) is 0 Å². The molecule has 2 N–H and O–H groups in total. The van der Waals surface area contributed by atoms with Crippen molar-refractivity contribution >= 4 is 0 Å². The van der Waals surface area contributed by atoms with Crippen LogP contribution in [0.25, 0.3) is 0 Å². The number of aryl methyl sites for hydroxylation is 1. The van der Waals surface area contributed by atoms with Gasteiger partial charge < -0.3 is 10.4 Å². The molecule has 1 aromatic rings. The van der Waals surface area contributed by atoms with E-state index in [1.807, 2.05) is 12.1 Å². The molecule has 0 amide bonds. The number of nitrogens with one attached hydrogen (secondary N) is 1. The second kappa shape index (κ2) is 4.49. The van der Waals surface area contributed by atoms with Crippen molar-refractivity contribution in [2.24, 2.45) is 23.7 Å². The third-order valence-electron chi connectivity index (χ3n) is 6.82. The van der Waals surface area contributed by atoms with Gasteiger partial charge in [0.1, 0.15) is 5.75 Å². The van der Waals surface area contributed by atoms with Crippen LogP contribution in [0, 0.1) is 23.7 Å². The fourth-order valence-corrected chi connectivity index (χ4v) is 6.21. The van der Waals surface area contributed by atoms with Gasteiger partial charge in [-0.3, -0.25) is 0 Å². The van der Waals surface area contributed by atoms with Gasteiger partial charge in [0.25, 0.3) is 0 Å². The summed E-state index contributed by atoms with van der Waals surface area (Å²) in [4.78, 5) is 0. The minimum atomic E-state index is 0.420. The van der Waals surface area contributed by atoms with Crippen LogP contribution in [-0.4, -0.2) is 11.1 Å². The molecule has 5 aliphatic carbocycles. The van der Waals surface area contributed by atoms with Gasteiger partial charge in [-0.25, -0.2) is 0 Å². The van der Waals surface area contributed by atoms with Crippen LogP contribution in [0.4, 0.5) is 0 Å². The molecular weight excluding hydrogens is 258 g/mol. The molecule has 6 rings (SSSR count). The Hall–Kier alpha value is -1.02. The number of phenolic OH excluding ortho intramolecular Hbond substituents is 1. The van der Waals surface area contributed by atoms with E-state index in [0.29, 0.717) is 11.8 Å². The molecule has 1 aromatic carbocycles. The average Bonchev–Trinajstić information content (AvgIpc) is 2.84. The van der Waals surface area contributed by atoms with E-state index < -0.39 is 0 Å². The van der Waals surface area contributed by atoms with Crippen LogP contribution in [0.5, 0.6) is 5.75 Å². The van der Waals surface area contributed by atoms with Crippen molar-refractivity contribution in [2.45, 2.75) is 57.0 Å². The third kappa shape index (κ3) is 1.95. The van der Waals surface area contributed by atoms with Crippen LogP contribution in [0.2, 0.25) is 0 Å². The number of phenols is 1. The Labute approximate surface area is 126 Å². The molecule has 4 bridgehead atoms. The van der Waals surface area contributed by atoms with Crippen LogP contribution in [0.1, 0.15) is 55.7 Å². The molecular formula is C19H25NO. The van der Waals surface area contributed by atoms with Crippen LogP contribution in [0.15, 0.2) is 18.2 Å². The smallest absolute Gasteiger partial charge is 0.115 e. The van der Waals surface area contributed by atoms with E-state index in [9.17, 15) is 5.11 Å². The van der Waals surface area contributed by atoms with Gasteiger partial charge in [-0.1, -0.05) is 6.07 Å². The van der Waals surface area contributed by atoms with Gasteiger partial charge in [0, 0.05) is 12.1 Å². The molecule has 0 heterocycles. The predicted octanol–water partition coefficient (Wildman–Crippen LogP) is 3.79. The highest BCUT2D eigenvalue weighted by Crippen LogP contribution is 2.54. The van der Waals surface area contributed by atoms with Crippen LogP contribution in [-0.2, 0) is 6.42 Å². The summed E-state index contributed by atoms with van der Waals surface area (Å²) in [6.07, 6.45) is 9.81. The van der Waals surface area contributed by atoms with Gasteiger partial charge in [0.05, 0.1) is 0 Å². The summed E-state index contributed by atoms with van der Waals surface area (Å²) < 4.78 is 0. The van der Waals surface area contributed by atoms with Gasteiger partial charge in [0.15, 0.2) is 0 Å². The molecule has 0 aliphatic heterocycles. The molecule has 1 unspecified atom stereocenters. The number of hydrogen-bond donors (Lipinski definition) is 2. The van der Waals surface area contributed by atoms with Crippen molar-refractivity contribution in [3.63, 3.8) is 0 Å². The molecule has 2 nitrogen and oxygen atoms in total. The lowest BCUT2D eigenvalue weighted by atomic mass is 9.54. The van der Waals surface area contributed by atoms with E-state index in [1.54, 1.807) is 0 Å². The standard InChI is InChI=1S/C19H25NO/c21-16-2-3-17-13(10-16)1-4-18(17)20-19-14-6-11-5-12(8-14)9-15(19)7-11/h2-3,10-12,14-15,18-21H,1,4-9H2. The van der Waals surface area contributed by atoms with E-state index in [0.717, 1.165) is 36.1 Å². The molecule has 0 saturated heterocycles. The zero-order valence-corrected chi connectivity index (χ0v) is 12.6. The molecule has 21 heavy (non-hydrogen) atoms. The van der Waals surface area contributed by atoms with Crippen molar-refractivity contribution in [1.82, 2.24) is 5.32 Å². The van der Waals surface area contributed by atoms with E-state index in [4.69, 9.17) is 0 Å². The predicted molar refractivity (Wildman–Crippen MR) is 83.1 cm³/mol. The van der Waals surface area contributed by atoms with Crippen molar-refractivity contribution < 1.29 is 5.11 Å². The number of rotatable bonds is 2. The second-order valence-corrected chi connectivity index (χ2v) is 8.10. The Balaban J connectivity index is 1.37. The first-order chi connectivity index (χ1) is 10.3. The van der Waals surface area contributed by atoms with Gasteiger partial charge in [0.2, 0.25) is 0 Å². The summed E-state index contributed by atoms with van der Waals surface area (Å²) in [6.45, 7) is 0. The molecule has 0 radical (unpaired) electrons. The lowest BCUT2D eigenvalue weighted by molar-refractivity contribution is -0.0177. The normalized spacial score (nSPS) is 43.2. The first-order valence-electron chi connectivity index (χ1n) is 8.84. The maximum absolute atomic E-state index is 9.65. The Morgan fingerprint density at radius 1 is 0.952 bits per heavy atom. The largest absolute Gasteiger partial charge is 0.508 e. The van der Waals surface area contributed by atoms with E-state index in [-0.39, 0.29) is 0 Å². The minimum Gasteiger partial charge on any atom is -0.508 e. The maximum atomic E-state index is 9.65. The second-order valence-electron chi connectivity index (χ2n) is 8.10. The maximum Gasteiger partial charge on any atom is 0.115 e. The first kappa shape index (κ1) is 12.5. The van der Waals surface area contributed by atoms with Gasteiger partial charge in [-0.2, -0.15) is 0 Å². The average molecular weight is 283 g/mol. The summed E-state index contributed by atoms with van der Waals surface area (Å²) in [6, 6.07) is 7.26. The highest BCUT2D eigenvalue weighted by molar-refractivity contribution is 5.40. The fourth-order valence-electron chi connectivity index (χ4n) is 6.21. The summed E-state index contributed by atoms with van der Waals surface area (Å²) in [7, 11) is 0. The highest BCUT2D eigenvalue weighted by Gasteiger charge is 2.48. The number of aromatic hydroxyl groups is 1. The lowest BCUT2D eigenvalue weighted by Gasteiger charge is -2.55. The first-order valence-corrected chi connectivity index (χ1v) is 8.84. The molecule has 0 aromatic heterocycles. The quantitative estimate of drug-likeness (QED) is 0.865. The Kier molecular flexibility index (Phi) is 2.67. The minimum absolute atomic E-state index is 0.420. The Bertz CT molecular complexity index is 539. The third-order valence-corrected chi connectivity index (χ3v) is 6.82. The molecule has 4 saturated carbocycles.